The lowest BCUT2D eigenvalue weighted by atomic mass is 9.92. The molecule has 6 heteroatoms. The van der Waals surface area contributed by atoms with Gasteiger partial charge in [0.15, 0.2) is 5.60 Å². The normalized spacial score (nSPS) is 14.6. The Balaban J connectivity index is 1.55. The largest absolute Gasteiger partial charge is 0.478 e. The molecule has 1 fully saturated rings. The molecule has 1 amide bonds. The van der Waals surface area contributed by atoms with Crippen LogP contribution in [0.1, 0.15) is 70.5 Å². The van der Waals surface area contributed by atoms with E-state index in [-0.39, 0.29) is 18.4 Å². The monoisotopic (exact) mass is 542 g/mol. The van der Waals surface area contributed by atoms with Crippen molar-refractivity contribution in [3.63, 3.8) is 0 Å². The molecular formula is C34H42N2O4. The quantitative estimate of drug-likeness (QED) is 0.272. The fraction of sp³-hybridized carbons (Fsp3) is 0.412. The molecule has 1 unspecified atom stereocenters. The minimum Gasteiger partial charge on any atom is -0.478 e. The predicted octanol–water partition coefficient (Wildman–Crippen LogP) is 7.03. The molecule has 1 atom stereocenters. The number of rotatable bonds is 11. The molecule has 0 saturated carbocycles. The lowest BCUT2D eigenvalue weighted by Crippen LogP contribution is -2.37. The van der Waals surface area contributed by atoms with Gasteiger partial charge in [-0.25, -0.2) is 4.79 Å². The van der Waals surface area contributed by atoms with Crippen LogP contribution < -0.4 is 15.0 Å². The van der Waals surface area contributed by atoms with Crippen LogP contribution in [0.2, 0.25) is 0 Å². The molecule has 1 aliphatic rings. The standard InChI is InChI=1S/C34H42N2O4/c1-24(2)21-30(35-32(37)22-25-13-16-28(17-14-25)40-34(3,4)33(38)39)29-18-15-27(26-11-7-5-8-12-26)23-31(29)36-19-9-6-10-20-36/h5,7-8,11-18,23-24,30H,6,9-10,19-22H2,1-4H3,(H,35,37)(H,38,39). The number of hydrogen-bond acceptors (Lipinski definition) is 4. The van der Waals surface area contributed by atoms with E-state index in [2.05, 4.69) is 66.5 Å². The zero-order valence-electron chi connectivity index (χ0n) is 24.2. The molecule has 1 saturated heterocycles. The summed E-state index contributed by atoms with van der Waals surface area (Å²) in [6.07, 6.45) is 4.69. The first-order valence-electron chi connectivity index (χ1n) is 14.4. The number of aliphatic carboxylic acids is 1. The highest BCUT2D eigenvalue weighted by Gasteiger charge is 2.29. The Hall–Kier alpha value is -3.80. The van der Waals surface area contributed by atoms with Gasteiger partial charge in [0.1, 0.15) is 5.75 Å². The average molecular weight is 543 g/mol. The van der Waals surface area contributed by atoms with Crippen molar-refractivity contribution in [1.82, 2.24) is 5.32 Å². The molecule has 3 aromatic carbocycles. The first-order valence-corrected chi connectivity index (χ1v) is 14.4. The van der Waals surface area contributed by atoms with Crippen LogP contribution in [0.15, 0.2) is 72.8 Å². The third-order valence-electron chi connectivity index (χ3n) is 7.43. The van der Waals surface area contributed by atoms with E-state index >= 15 is 0 Å². The molecule has 0 aliphatic carbocycles. The Bertz CT molecular complexity index is 1280. The van der Waals surface area contributed by atoms with Gasteiger partial charge in [-0.1, -0.05) is 68.4 Å². The summed E-state index contributed by atoms with van der Waals surface area (Å²) in [6.45, 7) is 9.46. The second kappa shape index (κ2) is 13.0. The molecule has 1 heterocycles. The smallest absolute Gasteiger partial charge is 0.347 e. The number of carboxylic acids is 1. The second-order valence-corrected chi connectivity index (χ2v) is 11.7. The Morgan fingerprint density at radius 3 is 2.23 bits per heavy atom. The number of nitrogens with one attached hydrogen (secondary N) is 1. The van der Waals surface area contributed by atoms with E-state index in [4.69, 9.17) is 4.74 Å². The third kappa shape index (κ3) is 7.65. The minimum atomic E-state index is -1.33. The molecule has 6 nitrogen and oxygen atoms in total. The van der Waals surface area contributed by atoms with Crippen molar-refractivity contribution >= 4 is 17.6 Å². The molecule has 2 N–H and O–H groups in total. The number of amides is 1. The highest BCUT2D eigenvalue weighted by molar-refractivity contribution is 5.80. The van der Waals surface area contributed by atoms with Gasteiger partial charge in [0.25, 0.3) is 0 Å². The molecule has 4 rings (SSSR count). The number of carbonyl (C=O) groups is 2. The minimum absolute atomic E-state index is 0.0399. The summed E-state index contributed by atoms with van der Waals surface area (Å²) < 4.78 is 5.60. The van der Waals surface area contributed by atoms with Crippen molar-refractivity contribution in [2.24, 2.45) is 5.92 Å². The van der Waals surface area contributed by atoms with E-state index in [0.29, 0.717) is 11.7 Å². The summed E-state index contributed by atoms with van der Waals surface area (Å²) in [7, 11) is 0. The van der Waals surface area contributed by atoms with Gasteiger partial charge in [0.05, 0.1) is 12.5 Å². The molecule has 0 spiro atoms. The fourth-order valence-corrected chi connectivity index (χ4v) is 5.24. The summed E-state index contributed by atoms with van der Waals surface area (Å²) in [4.78, 5) is 27.2. The SMILES string of the molecule is CC(C)CC(NC(=O)Cc1ccc(OC(C)(C)C(=O)O)cc1)c1ccc(-c2ccccc2)cc1N1CCCCC1. The van der Waals surface area contributed by atoms with E-state index in [0.717, 1.165) is 25.1 Å². The zero-order valence-corrected chi connectivity index (χ0v) is 24.2. The van der Waals surface area contributed by atoms with Crippen molar-refractivity contribution in [3.05, 3.63) is 83.9 Å². The van der Waals surface area contributed by atoms with E-state index in [1.54, 1.807) is 12.1 Å². The maximum atomic E-state index is 13.3. The van der Waals surface area contributed by atoms with Gasteiger partial charge in [0.2, 0.25) is 5.91 Å². The maximum Gasteiger partial charge on any atom is 0.347 e. The Labute approximate surface area is 238 Å². The van der Waals surface area contributed by atoms with E-state index in [9.17, 15) is 14.7 Å². The first kappa shape index (κ1) is 29.2. The summed E-state index contributed by atoms with van der Waals surface area (Å²) in [5, 5.41) is 12.7. The molecule has 0 aromatic heterocycles. The van der Waals surface area contributed by atoms with Crippen LogP contribution in [0.4, 0.5) is 5.69 Å². The Kier molecular flexibility index (Phi) is 9.51. The van der Waals surface area contributed by atoms with Crippen molar-refractivity contribution in [2.75, 3.05) is 18.0 Å². The maximum absolute atomic E-state index is 13.3. The first-order chi connectivity index (χ1) is 19.1. The van der Waals surface area contributed by atoms with E-state index < -0.39 is 11.6 Å². The van der Waals surface area contributed by atoms with Crippen LogP contribution in [-0.2, 0) is 16.0 Å². The number of carbonyl (C=O) groups excluding carboxylic acids is 1. The van der Waals surface area contributed by atoms with E-state index in [1.165, 1.54) is 55.5 Å². The topological polar surface area (TPSA) is 78.9 Å². The number of nitrogens with zero attached hydrogens (tertiary/aromatic N) is 1. The van der Waals surface area contributed by atoms with Crippen molar-refractivity contribution in [3.8, 4) is 16.9 Å². The van der Waals surface area contributed by atoms with E-state index in [1.807, 2.05) is 18.2 Å². The molecule has 3 aromatic rings. The highest BCUT2D eigenvalue weighted by atomic mass is 16.5. The molecule has 0 bridgehead atoms. The number of hydrogen-bond donors (Lipinski definition) is 2. The van der Waals surface area contributed by atoms with Crippen LogP contribution in [0, 0.1) is 5.92 Å². The van der Waals surface area contributed by atoms with Crippen molar-refractivity contribution in [2.45, 2.75) is 71.4 Å². The zero-order chi connectivity index (χ0) is 28.7. The third-order valence-corrected chi connectivity index (χ3v) is 7.43. The van der Waals surface area contributed by atoms with Crippen LogP contribution in [0.3, 0.4) is 0 Å². The molecule has 40 heavy (non-hydrogen) atoms. The number of benzene rings is 3. The van der Waals surface area contributed by atoms with Gasteiger partial charge in [-0.15, -0.1) is 0 Å². The van der Waals surface area contributed by atoms with Crippen LogP contribution in [0.5, 0.6) is 5.75 Å². The van der Waals surface area contributed by atoms with Gasteiger partial charge in [0, 0.05) is 18.8 Å². The lowest BCUT2D eigenvalue weighted by molar-refractivity contribution is -0.152. The van der Waals surface area contributed by atoms with Gasteiger partial charge < -0.3 is 20.1 Å². The van der Waals surface area contributed by atoms with Gasteiger partial charge >= 0.3 is 5.97 Å². The lowest BCUT2D eigenvalue weighted by Gasteiger charge is -2.34. The van der Waals surface area contributed by atoms with Crippen LogP contribution in [0.25, 0.3) is 11.1 Å². The van der Waals surface area contributed by atoms with Gasteiger partial charge in [-0.05, 0) is 85.9 Å². The molecule has 212 valence electrons. The summed E-state index contributed by atoms with van der Waals surface area (Å²) in [5.41, 5.74) is 4.28. The number of piperidine rings is 1. The molecular weight excluding hydrogens is 500 g/mol. The summed E-state index contributed by atoms with van der Waals surface area (Å²) in [5.74, 6) is -0.212. The summed E-state index contributed by atoms with van der Waals surface area (Å²) in [6, 6.07) is 24.1. The molecule has 0 radical (unpaired) electrons. The average Bonchev–Trinajstić information content (AvgIpc) is 2.94. The number of anilines is 1. The van der Waals surface area contributed by atoms with Crippen molar-refractivity contribution < 1.29 is 19.4 Å². The van der Waals surface area contributed by atoms with Gasteiger partial charge in [-0.3, -0.25) is 4.79 Å². The van der Waals surface area contributed by atoms with Crippen LogP contribution >= 0.6 is 0 Å². The fourth-order valence-electron chi connectivity index (χ4n) is 5.24. The van der Waals surface area contributed by atoms with Crippen molar-refractivity contribution in [1.29, 1.82) is 0 Å². The number of carboxylic acid groups (broad SMARTS) is 1. The molecule has 1 aliphatic heterocycles. The second-order valence-electron chi connectivity index (χ2n) is 11.7. The predicted molar refractivity (Wildman–Crippen MR) is 161 cm³/mol. The van der Waals surface area contributed by atoms with Crippen LogP contribution in [-0.4, -0.2) is 35.7 Å². The highest BCUT2D eigenvalue weighted by Crippen LogP contribution is 2.36. The number of ether oxygens (including phenoxy) is 1. The summed E-state index contributed by atoms with van der Waals surface area (Å²) >= 11 is 0. The van der Waals surface area contributed by atoms with Gasteiger partial charge in [-0.2, -0.15) is 0 Å². The Morgan fingerprint density at radius 1 is 0.925 bits per heavy atom. The Morgan fingerprint density at radius 2 is 1.60 bits per heavy atom.